The van der Waals surface area contributed by atoms with E-state index in [4.69, 9.17) is 4.74 Å². The molecule has 112 valence electrons. The predicted octanol–water partition coefficient (Wildman–Crippen LogP) is 3.21. The molecule has 5 heteroatoms. The van der Waals surface area contributed by atoms with Crippen LogP contribution in [0.5, 0.6) is 0 Å². The molecule has 0 aliphatic carbocycles. The van der Waals surface area contributed by atoms with Crippen LogP contribution in [0, 0.1) is 5.82 Å². The van der Waals surface area contributed by atoms with E-state index in [1.807, 2.05) is 18.3 Å². The topological polar surface area (TPSA) is 41.2 Å². The van der Waals surface area contributed by atoms with Crippen molar-refractivity contribution in [3.8, 4) is 11.1 Å². The van der Waals surface area contributed by atoms with Gasteiger partial charge in [0.05, 0.1) is 18.9 Å². The molecular weight excluding hydrogens is 281 g/mol. The zero-order valence-electron chi connectivity index (χ0n) is 12.1. The number of nitrogens with zero attached hydrogens (tertiary/aromatic N) is 2. The van der Waals surface area contributed by atoms with Crippen LogP contribution in [0.15, 0.2) is 42.7 Å². The molecule has 2 aromatic heterocycles. The summed E-state index contributed by atoms with van der Waals surface area (Å²) in [7, 11) is 0. The monoisotopic (exact) mass is 297 g/mol. The van der Waals surface area contributed by atoms with Crippen molar-refractivity contribution < 1.29 is 9.13 Å². The fraction of sp³-hybridized carbons (Fsp3) is 0.235. The van der Waals surface area contributed by atoms with Crippen molar-refractivity contribution in [1.82, 2.24) is 9.97 Å². The molecule has 4 nitrogen and oxygen atoms in total. The van der Waals surface area contributed by atoms with Crippen LogP contribution in [0.25, 0.3) is 22.2 Å². The summed E-state index contributed by atoms with van der Waals surface area (Å²) in [6.07, 6.45) is 3.62. The van der Waals surface area contributed by atoms with Crippen LogP contribution in [0.3, 0.4) is 0 Å². The molecule has 3 aromatic rings. The van der Waals surface area contributed by atoms with E-state index < -0.39 is 0 Å². The molecule has 1 aliphatic heterocycles. The normalized spacial score (nSPS) is 15.4. The van der Waals surface area contributed by atoms with Gasteiger partial charge in [0.1, 0.15) is 11.5 Å². The summed E-state index contributed by atoms with van der Waals surface area (Å²) in [6.45, 7) is 3.09. The maximum Gasteiger partial charge on any atom is 0.139 e. The Morgan fingerprint density at radius 2 is 1.91 bits per heavy atom. The van der Waals surface area contributed by atoms with Crippen molar-refractivity contribution in [3.05, 3.63) is 48.5 Å². The number of pyridine rings is 1. The summed E-state index contributed by atoms with van der Waals surface area (Å²) in [5.41, 5.74) is 3.30. The third-order valence-electron chi connectivity index (χ3n) is 4.07. The van der Waals surface area contributed by atoms with E-state index in [-0.39, 0.29) is 5.82 Å². The van der Waals surface area contributed by atoms with Gasteiger partial charge in [-0.25, -0.2) is 9.37 Å². The first-order valence-electron chi connectivity index (χ1n) is 7.38. The average Bonchev–Trinajstić information content (AvgIpc) is 3.00. The summed E-state index contributed by atoms with van der Waals surface area (Å²) in [6, 6.07) is 8.83. The molecule has 4 rings (SSSR count). The fourth-order valence-electron chi connectivity index (χ4n) is 3.00. The first-order valence-corrected chi connectivity index (χ1v) is 7.38. The lowest BCUT2D eigenvalue weighted by Crippen LogP contribution is -2.36. The largest absolute Gasteiger partial charge is 0.378 e. The minimum absolute atomic E-state index is 0.222. The van der Waals surface area contributed by atoms with Gasteiger partial charge in [0, 0.05) is 42.0 Å². The van der Waals surface area contributed by atoms with Crippen molar-refractivity contribution >= 4 is 16.7 Å². The summed E-state index contributed by atoms with van der Waals surface area (Å²) in [4.78, 5) is 9.80. The van der Waals surface area contributed by atoms with Gasteiger partial charge in [0.15, 0.2) is 0 Å². The maximum atomic E-state index is 14.2. The highest BCUT2D eigenvalue weighted by atomic mass is 19.1. The van der Waals surface area contributed by atoms with Crippen LogP contribution in [0.1, 0.15) is 0 Å². The Morgan fingerprint density at radius 1 is 1.09 bits per heavy atom. The standard InChI is InChI=1S/C17H16FN3O/c18-14-4-2-1-3-12(14)13-11-20-17-16(13)15(5-6-19-17)21-7-9-22-10-8-21/h1-6,11H,7-10H2,(H,19,20). The van der Waals surface area contributed by atoms with E-state index in [1.54, 1.807) is 18.3 Å². The minimum atomic E-state index is -0.222. The fourth-order valence-corrected chi connectivity index (χ4v) is 3.00. The highest BCUT2D eigenvalue weighted by Crippen LogP contribution is 2.36. The van der Waals surface area contributed by atoms with E-state index in [9.17, 15) is 4.39 Å². The van der Waals surface area contributed by atoms with Gasteiger partial charge in [-0.2, -0.15) is 0 Å². The maximum absolute atomic E-state index is 14.2. The van der Waals surface area contributed by atoms with Gasteiger partial charge in [-0.05, 0) is 12.1 Å². The molecule has 22 heavy (non-hydrogen) atoms. The lowest BCUT2D eigenvalue weighted by Gasteiger charge is -2.29. The number of morpholine rings is 1. The average molecular weight is 297 g/mol. The molecule has 0 unspecified atom stereocenters. The second kappa shape index (κ2) is 5.42. The lowest BCUT2D eigenvalue weighted by atomic mass is 10.0. The van der Waals surface area contributed by atoms with Crippen LogP contribution >= 0.6 is 0 Å². The molecule has 1 fully saturated rings. The third-order valence-corrected chi connectivity index (χ3v) is 4.07. The number of anilines is 1. The number of ether oxygens (including phenoxy) is 1. The second-order valence-electron chi connectivity index (χ2n) is 5.34. The molecule has 0 radical (unpaired) electrons. The second-order valence-corrected chi connectivity index (χ2v) is 5.34. The van der Waals surface area contributed by atoms with Crippen molar-refractivity contribution in [2.75, 3.05) is 31.2 Å². The number of aromatic amines is 1. The first-order chi connectivity index (χ1) is 10.8. The van der Waals surface area contributed by atoms with E-state index in [0.29, 0.717) is 18.8 Å². The van der Waals surface area contributed by atoms with E-state index >= 15 is 0 Å². The number of fused-ring (bicyclic) bond motifs is 1. The van der Waals surface area contributed by atoms with Crippen LogP contribution in [0.4, 0.5) is 10.1 Å². The quantitative estimate of drug-likeness (QED) is 0.789. The van der Waals surface area contributed by atoms with Crippen molar-refractivity contribution in [3.63, 3.8) is 0 Å². The van der Waals surface area contributed by atoms with Gasteiger partial charge in [0.2, 0.25) is 0 Å². The zero-order chi connectivity index (χ0) is 14.9. The predicted molar refractivity (Wildman–Crippen MR) is 84.5 cm³/mol. The number of rotatable bonds is 2. The molecule has 0 saturated carbocycles. The van der Waals surface area contributed by atoms with Crippen molar-refractivity contribution in [1.29, 1.82) is 0 Å². The Morgan fingerprint density at radius 3 is 2.73 bits per heavy atom. The Kier molecular flexibility index (Phi) is 3.27. The molecule has 1 aliphatic rings. The molecule has 0 atom stereocenters. The van der Waals surface area contributed by atoms with Crippen molar-refractivity contribution in [2.45, 2.75) is 0 Å². The number of hydrogen-bond donors (Lipinski definition) is 1. The molecule has 0 bridgehead atoms. The Balaban J connectivity index is 1.91. The molecule has 3 heterocycles. The van der Waals surface area contributed by atoms with E-state index in [1.165, 1.54) is 6.07 Å². The molecule has 1 aromatic carbocycles. The number of hydrogen-bond acceptors (Lipinski definition) is 3. The molecule has 0 spiro atoms. The Bertz CT molecular complexity index is 809. The number of halogens is 1. The number of aromatic nitrogens is 2. The van der Waals surface area contributed by atoms with Crippen LogP contribution in [-0.4, -0.2) is 36.3 Å². The highest BCUT2D eigenvalue weighted by molar-refractivity contribution is 6.02. The van der Waals surface area contributed by atoms with Gasteiger partial charge >= 0.3 is 0 Å². The SMILES string of the molecule is Fc1ccccc1-c1c[nH]c2nccc(N3CCOCC3)c12. The minimum Gasteiger partial charge on any atom is -0.378 e. The summed E-state index contributed by atoms with van der Waals surface area (Å²) in [5.74, 6) is -0.222. The smallest absolute Gasteiger partial charge is 0.139 e. The van der Waals surface area contributed by atoms with E-state index in [2.05, 4.69) is 14.9 Å². The van der Waals surface area contributed by atoms with Gasteiger partial charge < -0.3 is 14.6 Å². The third kappa shape index (κ3) is 2.14. The van der Waals surface area contributed by atoms with Gasteiger partial charge in [0.25, 0.3) is 0 Å². The molecule has 0 amide bonds. The van der Waals surface area contributed by atoms with Crippen LogP contribution in [0.2, 0.25) is 0 Å². The van der Waals surface area contributed by atoms with E-state index in [0.717, 1.165) is 35.4 Å². The summed E-state index contributed by atoms with van der Waals surface area (Å²) < 4.78 is 19.6. The zero-order valence-corrected chi connectivity index (χ0v) is 12.1. The van der Waals surface area contributed by atoms with Crippen LogP contribution < -0.4 is 4.90 Å². The summed E-state index contributed by atoms with van der Waals surface area (Å²) in [5, 5.41) is 0.967. The van der Waals surface area contributed by atoms with Crippen molar-refractivity contribution in [2.24, 2.45) is 0 Å². The lowest BCUT2D eigenvalue weighted by molar-refractivity contribution is 0.123. The van der Waals surface area contributed by atoms with Crippen LogP contribution in [-0.2, 0) is 4.74 Å². The highest BCUT2D eigenvalue weighted by Gasteiger charge is 2.19. The Labute approximate surface area is 127 Å². The Hall–Kier alpha value is -2.40. The number of nitrogens with one attached hydrogen (secondary N) is 1. The molecular formula is C17H16FN3O. The van der Waals surface area contributed by atoms with Gasteiger partial charge in [-0.1, -0.05) is 18.2 Å². The summed E-state index contributed by atoms with van der Waals surface area (Å²) >= 11 is 0. The van der Waals surface area contributed by atoms with Gasteiger partial charge in [-0.3, -0.25) is 0 Å². The number of benzene rings is 1. The first kappa shape index (κ1) is 13.3. The molecule has 1 N–H and O–H groups in total. The van der Waals surface area contributed by atoms with Gasteiger partial charge in [-0.15, -0.1) is 0 Å². The number of H-pyrrole nitrogens is 1. The molecule has 1 saturated heterocycles.